The van der Waals surface area contributed by atoms with Crippen LogP contribution in [-0.4, -0.2) is 30.6 Å². The van der Waals surface area contributed by atoms with Gasteiger partial charge in [-0.2, -0.15) is 0 Å². The first-order chi connectivity index (χ1) is 9.48. The molecule has 1 N–H and O–H groups in total. The zero-order valence-corrected chi connectivity index (χ0v) is 12.8. The van der Waals surface area contributed by atoms with E-state index in [0.717, 1.165) is 18.4 Å². The van der Waals surface area contributed by atoms with Gasteiger partial charge in [-0.1, -0.05) is 61.9 Å². The highest BCUT2D eigenvalue weighted by molar-refractivity contribution is 5.35. The van der Waals surface area contributed by atoms with Gasteiger partial charge in [0.25, 0.3) is 0 Å². The minimum absolute atomic E-state index is 0.145. The molecule has 1 aromatic rings. The van der Waals surface area contributed by atoms with Crippen LogP contribution in [0.4, 0.5) is 0 Å². The van der Waals surface area contributed by atoms with Crippen molar-refractivity contribution < 1.29 is 5.11 Å². The fourth-order valence-corrected chi connectivity index (χ4v) is 3.09. The van der Waals surface area contributed by atoms with Gasteiger partial charge in [0, 0.05) is 5.41 Å². The van der Waals surface area contributed by atoms with E-state index in [1.54, 1.807) is 0 Å². The van der Waals surface area contributed by atoms with E-state index in [9.17, 15) is 5.11 Å². The summed E-state index contributed by atoms with van der Waals surface area (Å²) in [5.41, 5.74) is -0.260. The normalized spacial score (nSPS) is 20.2. The molecule has 1 atom stereocenters. The van der Waals surface area contributed by atoms with Gasteiger partial charge in [0.2, 0.25) is 0 Å². The van der Waals surface area contributed by atoms with Crippen molar-refractivity contribution in [1.82, 2.24) is 4.90 Å². The molecule has 0 aromatic heterocycles. The zero-order chi connectivity index (χ0) is 14.6. The molecule has 2 rings (SSSR count). The van der Waals surface area contributed by atoms with Crippen LogP contribution in [0.25, 0.3) is 0 Å². The Hall–Kier alpha value is -1.30. The van der Waals surface area contributed by atoms with Crippen molar-refractivity contribution in [2.75, 3.05) is 20.6 Å². The lowest BCUT2D eigenvalue weighted by atomic mass is 9.68. The largest absolute Gasteiger partial charge is 0.373 e. The number of aliphatic hydroxyl groups is 1. The molecule has 108 valence electrons. The Morgan fingerprint density at radius 2 is 1.80 bits per heavy atom. The highest BCUT2D eigenvalue weighted by Crippen LogP contribution is 2.50. The summed E-state index contributed by atoms with van der Waals surface area (Å²) in [5.74, 6) is 6.34. The Balaban J connectivity index is 2.40. The van der Waals surface area contributed by atoms with Crippen LogP contribution in [0, 0.1) is 17.3 Å². The molecule has 0 radical (unpaired) electrons. The molecular weight excluding hydrogens is 246 g/mol. The Morgan fingerprint density at radius 1 is 1.20 bits per heavy atom. The predicted octanol–water partition coefficient (Wildman–Crippen LogP) is 3.02. The molecule has 0 saturated heterocycles. The molecular formula is C18H25NO. The third-order valence-electron chi connectivity index (χ3n) is 4.44. The van der Waals surface area contributed by atoms with E-state index in [4.69, 9.17) is 0 Å². The summed E-state index contributed by atoms with van der Waals surface area (Å²) in [7, 11) is 3.99. The number of hydrogen-bond acceptors (Lipinski definition) is 2. The van der Waals surface area contributed by atoms with Crippen molar-refractivity contribution in [2.45, 2.75) is 38.2 Å². The monoisotopic (exact) mass is 271 g/mol. The molecule has 1 unspecified atom stereocenters. The molecule has 0 spiro atoms. The highest BCUT2D eigenvalue weighted by atomic mass is 16.3. The summed E-state index contributed by atoms with van der Waals surface area (Å²) in [6.07, 6.45) is 4.44. The second-order valence-corrected chi connectivity index (χ2v) is 6.38. The van der Waals surface area contributed by atoms with Crippen LogP contribution >= 0.6 is 0 Å². The Morgan fingerprint density at radius 3 is 2.35 bits per heavy atom. The van der Waals surface area contributed by atoms with Gasteiger partial charge in [0.15, 0.2) is 5.60 Å². The summed E-state index contributed by atoms with van der Waals surface area (Å²) < 4.78 is 0. The molecule has 1 saturated carbocycles. The average molecular weight is 271 g/mol. The van der Waals surface area contributed by atoms with Crippen LogP contribution in [0.15, 0.2) is 30.3 Å². The molecule has 0 bridgehead atoms. The van der Waals surface area contributed by atoms with Gasteiger partial charge in [-0.05, 0) is 32.5 Å². The van der Waals surface area contributed by atoms with E-state index >= 15 is 0 Å². The summed E-state index contributed by atoms with van der Waals surface area (Å²) in [4.78, 5) is 2.02. The van der Waals surface area contributed by atoms with Gasteiger partial charge < -0.3 is 5.11 Å². The second-order valence-electron chi connectivity index (χ2n) is 6.38. The molecule has 2 heteroatoms. The molecule has 1 aliphatic rings. The van der Waals surface area contributed by atoms with Crippen LogP contribution < -0.4 is 0 Å². The van der Waals surface area contributed by atoms with E-state index in [1.165, 1.54) is 12.8 Å². The number of benzene rings is 1. The smallest absolute Gasteiger partial charge is 0.156 e. The standard InChI is InChI=1S/C18H25NO/c1-17(12-7-8-13-17)18(20,14-9-15-19(2)3)16-10-5-4-6-11-16/h4-6,10-11,20H,7-8,12-13,15H2,1-3H3. The Bertz CT molecular complexity index is 491. The first kappa shape index (κ1) is 15.1. The van der Waals surface area contributed by atoms with Crippen molar-refractivity contribution in [2.24, 2.45) is 5.41 Å². The van der Waals surface area contributed by atoms with E-state index < -0.39 is 5.60 Å². The van der Waals surface area contributed by atoms with Crippen LogP contribution in [-0.2, 0) is 5.60 Å². The first-order valence-corrected chi connectivity index (χ1v) is 7.41. The van der Waals surface area contributed by atoms with E-state index in [-0.39, 0.29) is 5.41 Å². The number of nitrogens with zero attached hydrogens (tertiary/aromatic N) is 1. The van der Waals surface area contributed by atoms with Crippen molar-refractivity contribution in [3.8, 4) is 11.8 Å². The van der Waals surface area contributed by atoms with E-state index in [0.29, 0.717) is 6.54 Å². The maximum absolute atomic E-state index is 11.4. The van der Waals surface area contributed by atoms with Crippen LogP contribution in [0.2, 0.25) is 0 Å². The van der Waals surface area contributed by atoms with Crippen LogP contribution in [0.3, 0.4) is 0 Å². The third-order valence-corrected chi connectivity index (χ3v) is 4.44. The Kier molecular flexibility index (Phi) is 4.52. The highest BCUT2D eigenvalue weighted by Gasteiger charge is 2.48. The molecule has 1 aliphatic carbocycles. The molecule has 2 nitrogen and oxygen atoms in total. The molecule has 1 fully saturated rings. The minimum Gasteiger partial charge on any atom is -0.373 e. The minimum atomic E-state index is -1.04. The topological polar surface area (TPSA) is 23.5 Å². The predicted molar refractivity (Wildman–Crippen MR) is 83.2 cm³/mol. The third kappa shape index (κ3) is 2.90. The average Bonchev–Trinajstić information content (AvgIpc) is 2.87. The summed E-state index contributed by atoms with van der Waals surface area (Å²) in [5, 5.41) is 11.4. The maximum Gasteiger partial charge on any atom is 0.156 e. The van der Waals surface area contributed by atoms with E-state index in [2.05, 4.69) is 18.8 Å². The van der Waals surface area contributed by atoms with Crippen molar-refractivity contribution >= 4 is 0 Å². The lowest BCUT2D eigenvalue weighted by Gasteiger charge is -2.39. The lowest BCUT2D eigenvalue weighted by molar-refractivity contribution is -0.0278. The zero-order valence-electron chi connectivity index (χ0n) is 12.8. The molecule has 0 heterocycles. The first-order valence-electron chi connectivity index (χ1n) is 7.41. The second kappa shape index (κ2) is 5.99. The molecule has 0 aliphatic heterocycles. The van der Waals surface area contributed by atoms with Crippen LogP contribution in [0.1, 0.15) is 38.2 Å². The Labute approximate surface area is 122 Å². The van der Waals surface area contributed by atoms with E-state index in [1.807, 2.05) is 49.3 Å². The van der Waals surface area contributed by atoms with Gasteiger partial charge in [-0.3, -0.25) is 4.90 Å². The molecule has 1 aromatic carbocycles. The van der Waals surface area contributed by atoms with Gasteiger partial charge in [0.05, 0.1) is 6.54 Å². The number of rotatable bonds is 3. The lowest BCUT2D eigenvalue weighted by Crippen LogP contribution is -2.41. The van der Waals surface area contributed by atoms with Crippen molar-refractivity contribution in [3.63, 3.8) is 0 Å². The van der Waals surface area contributed by atoms with Gasteiger partial charge in [-0.15, -0.1) is 0 Å². The maximum atomic E-state index is 11.4. The summed E-state index contributed by atoms with van der Waals surface area (Å²) >= 11 is 0. The molecule has 20 heavy (non-hydrogen) atoms. The van der Waals surface area contributed by atoms with Crippen molar-refractivity contribution in [3.05, 3.63) is 35.9 Å². The molecule has 0 amide bonds. The van der Waals surface area contributed by atoms with Gasteiger partial charge >= 0.3 is 0 Å². The van der Waals surface area contributed by atoms with Crippen LogP contribution in [0.5, 0.6) is 0 Å². The van der Waals surface area contributed by atoms with Gasteiger partial charge in [-0.25, -0.2) is 0 Å². The summed E-state index contributed by atoms with van der Waals surface area (Å²) in [6, 6.07) is 9.93. The van der Waals surface area contributed by atoms with Crippen molar-refractivity contribution in [1.29, 1.82) is 0 Å². The van der Waals surface area contributed by atoms with Gasteiger partial charge in [0.1, 0.15) is 0 Å². The summed E-state index contributed by atoms with van der Waals surface area (Å²) in [6.45, 7) is 2.85. The fraction of sp³-hybridized carbons (Fsp3) is 0.556. The number of hydrogen-bond donors (Lipinski definition) is 1. The quantitative estimate of drug-likeness (QED) is 0.854. The fourth-order valence-electron chi connectivity index (χ4n) is 3.09. The SMILES string of the molecule is CN(C)CC#CC(O)(c1ccccc1)C1(C)CCCC1.